The maximum Gasteiger partial charge on any atom is 0.125 e. The van der Waals surface area contributed by atoms with Gasteiger partial charge in [0.1, 0.15) is 5.82 Å². The summed E-state index contributed by atoms with van der Waals surface area (Å²) in [6.45, 7) is 0. The molecule has 4 heteroatoms. The highest BCUT2D eigenvalue weighted by atomic mass is 79.9. The van der Waals surface area contributed by atoms with Crippen LogP contribution < -0.4 is 5.73 Å². The molecule has 2 aromatic carbocycles. The van der Waals surface area contributed by atoms with Crippen LogP contribution in [0.3, 0.4) is 0 Å². The van der Waals surface area contributed by atoms with Crippen LogP contribution >= 0.6 is 27.7 Å². The Morgan fingerprint density at radius 2 is 2.00 bits per heavy atom. The summed E-state index contributed by atoms with van der Waals surface area (Å²) in [5.41, 5.74) is 6.96. The summed E-state index contributed by atoms with van der Waals surface area (Å²) < 4.78 is 14.2. The molecule has 17 heavy (non-hydrogen) atoms. The predicted molar refractivity (Wildman–Crippen MR) is 74.5 cm³/mol. The lowest BCUT2D eigenvalue weighted by Crippen LogP contribution is -1.90. The number of rotatable bonds is 3. The number of hydrogen-bond donors (Lipinski definition) is 1. The third kappa shape index (κ3) is 3.75. The van der Waals surface area contributed by atoms with Gasteiger partial charge in [-0.1, -0.05) is 22.0 Å². The van der Waals surface area contributed by atoms with Crippen LogP contribution in [0.4, 0.5) is 10.1 Å². The molecule has 0 amide bonds. The van der Waals surface area contributed by atoms with Gasteiger partial charge in [0, 0.05) is 20.8 Å². The second kappa shape index (κ2) is 5.56. The summed E-state index contributed by atoms with van der Waals surface area (Å²) in [4.78, 5) is 1.14. The third-order valence-electron chi connectivity index (χ3n) is 2.18. The number of anilines is 1. The Morgan fingerprint density at radius 3 is 2.71 bits per heavy atom. The van der Waals surface area contributed by atoms with Crippen molar-refractivity contribution in [3.63, 3.8) is 0 Å². The number of halogens is 2. The summed E-state index contributed by atoms with van der Waals surface area (Å²) in [7, 11) is 0. The van der Waals surface area contributed by atoms with E-state index < -0.39 is 0 Å². The van der Waals surface area contributed by atoms with E-state index in [9.17, 15) is 4.39 Å². The molecule has 0 aliphatic carbocycles. The van der Waals surface area contributed by atoms with Gasteiger partial charge in [-0.15, -0.1) is 11.8 Å². The Hall–Kier alpha value is -1.00. The molecular formula is C13H11BrFNS. The maximum atomic E-state index is 13.1. The summed E-state index contributed by atoms with van der Waals surface area (Å²) in [5.74, 6) is 0.424. The van der Waals surface area contributed by atoms with Crippen molar-refractivity contribution in [2.75, 3.05) is 5.73 Å². The molecule has 0 saturated carbocycles. The SMILES string of the molecule is Nc1cc(F)cc(CSc2cccc(Br)c2)c1. The molecule has 1 nitrogen and oxygen atoms in total. The molecule has 0 spiro atoms. The molecule has 0 aromatic heterocycles. The van der Waals surface area contributed by atoms with E-state index in [4.69, 9.17) is 5.73 Å². The van der Waals surface area contributed by atoms with Crippen LogP contribution in [0, 0.1) is 5.82 Å². The van der Waals surface area contributed by atoms with Crippen LogP contribution in [-0.2, 0) is 5.75 Å². The van der Waals surface area contributed by atoms with E-state index in [1.165, 1.54) is 12.1 Å². The first-order chi connectivity index (χ1) is 8.13. The number of benzene rings is 2. The fourth-order valence-corrected chi connectivity index (χ4v) is 2.92. The topological polar surface area (TPSA) is 26.0 Å². The van der Waals surface area contributed by atoms with Crippen LogP contribution in [0.15, 0.2) is 51.8 Å². The second-order valence-corrected chi connectivity index (χ2v) is 5.60. The molecule has 2 aromatic rings. The molecule has 0 fully saturated rings. The molecular weight excluding hydrogens is 301 g/mol. The van der Waals surface area contributed by atoms with Crippen molar-refractivity contribution in [1.29, 1.82) is 0 Å². The summed E-state index contributed by atoms with van der Waals surface area (Å²) in [5, 5.41) is 0. The van der Waals surface area contributed by atoms with Gasteiger partial charge >= 0.3 is 0 Å². The van der Waals surface area contributed by atoms with Gasteiger partial charge in [-0.2, -0.15) is 0 Å². The zero-order valence-corrected chi connectivity index (χ0v) is 11.4. The lowest BCUT2D eigenvalue weighted by Gasteiger charge is -2.04. The van der Waals surface area contributed by atoms with Crippen molar-refractivity contribution in [3.05, 3.63) is 58.3 Å². The van der Waals surface area contributed by atoms with E-state index in [-0.39, 0.29) is 5.82 Å². The quantitative estimate of drug-likeness (QED) is 0.669. The van der Waals surface area contributed by atoms with Crippen LogP contribution in [0.5, 0.6) is 0 Å². The van der Waals surface area contributed by atoms with Gasteiger partial charge in [0.05, 0.1) is 0 Å². The molecule has 0 aliphatic rings. The molecule has 0 aliphatic heterocycles. The molecule has 0 bridgehead atoms. The third-order valence-corrected chi connectivity index (χ3v) is 3.74. The average molecular weight is 312 g/mol. The molecule has 0 heterocycles. The minimum Gasteiger partial charge on any atom is -0.399 e. The number of thioether (sulfide) groups is 1. The van der Waals surface area contributed by atoms with Gasteiger partial charge in [-0.3, -0.25) is 0 Å². The van der Waals surface area contributed by atoms with E-state index >= 15 is 0 Å². The van der Waals surface area contributed by atoms with Crippen molar-refractivity contribution in [2.24, 2.45) is 0 Å². The molecule has 0 radical (unpaired) electrons. The summed E-state index contributed by atoms with van der Waals surface area (Å²) >= 11 is 5.07. The largest absolute Gasteiger partial charge is 0.399 e. The maximum absolute atomic E-state index is 13.1. The number of nitrogens with two attached hydrogens (primary N) is 1. The Balaban J connectivity index is 2.07. The first-order valence-corrected chi connectivity index (χ1v) is 6.85. The number of hydrogen-bond acceptors (Lipinski definition) is 2. The Labute approximate surface area is 112 Å². The van der Waals surface area contributed by atoms with Crippen molar-refractivity contribution < 1.29 is 4.39 Å². The molecule has 88 valence electrons. The predicted octanol–water partition coefficient (Wildman–Crippen LogP) is 4.46. The van der Waals surface area contributed by atoms with E-state index in [1.54, 1.807) is 17.8 Å². The Bertz CT molecular complexity index is 510. The van der Waals surface area contributed by atoms with Gasteiger partial charge in [-0.25, -0.2) is 4.39 Å². The van der Waals surface area contributed by atoms with Gasteiger partial charge < -0.3 is 5.73 Å². The Kier molecular flexibility index (Phi) is 4.07. The lowest BCUT2D eigenvalue weighted by molar-refractivity contribution is 0.627. The van der Waals surface area contributed by atoms with Crippen molar-refractivity contribution in [2.45, 2.75) is 10.6 Å². The van der Waals surface area contributed by atoms with Gasteiger partial charge in [0.2, 0.25) is 0 Å². The van der Waals surface area contributed by atoms with Gasteiger partial charge in [-0.05, 0) is 42.0 Å². The standard InChI is InChI=1S/C13H11BrFNS/c14-10-2-1-3-13(6-10)17-8-9-4-11(15)7-12(16)5-9/h1-7H,8,16H2. The highest BCUT2D eigenvalue weighted by Gasteiger charge is 2.00. The lowest BCUT2D eigenvalue weighted by atomic mass is 10.2. The summed E-state index contributed by atoms with van der Waals surface area (Å²) in [6.07, 6.45) is 0. The molecule has 0 atom stereocenters. The van der Waals surface area contributed by atoms with E-state index in [2.05, 4.69) is 15.9 Å². The van der Waals surface area contributed by atoms with Crippen LogP contribution in [0.1, 0.15) is 5.56 Å². The van der Waals surface area contributed by atoms with Crippen LogP contribution in [-0.4, -0.2) is 0 Å². The van der Waals surface area contributed by atoms with Gasteiger partial charge in [0.15, 0.2) is 0 Å². The summed E-state index contributed by atoms with van der Waals surface area (Å²) in [6, 6.07) is 12.7. The zero-order valence-electron chi connectivity index (χ0n) is 8.99. The average Bonchev–Trinajstić information content (AvgIpc) is 2.25. The Morgan fingerprint density at radius 1 is 1.18 bits per heavy atom. The normalized spacial score (nSPS) is 10.5. The van der Waals surface area contributed by atoms with Crippen molar-refractivity contribution in [3.8, 4) is 0 Å². The van der Waals surface area contributed by atoms with E-state index in [0.717, 1.165) is 14.9 Å². The van der Waals surface area contributed by atoms with Crippen LogP contribution in [0.25, 0.3) is 0 Å². The first-order valence-electron chi connectivity index (χ1n) is 5.07. The molecule has 2 rings (SSSR count). The van der Waals surface area contributed by atoms with Crippen molar-refractivity contribution >= 4 is 33.4 Å². The smallest absolute Gasteiger partial charge is 0.125 e. The fraction of sp³-hybridized carbons (Fsp3) is 0.0769. The second-order valence-electron chi connectivity index (χ2n) is 3.64. The van der Waals surface area contributed by atoms with Gasteiger partial charge in [0.25, 0.3) is 0 Å². The fourth-order valence-electron chi connectivity index (χ4n) is 1.48. The molecule has 0 saturated heterocycles. The minimum atomic E-state index is -0.283. The van der Waals surface area contributed by atoms with Crippen LogP contribution in [0.2, 0.25) is 0 Å². The zero-order chi connectivity index (χ0) is 12.3. The first kappa shape index (κ1) is 12.5. The minimum absolute atomic E-state index is 0.283. The van der Waals surface area contributed by atoms with E-state index in [1.807, 2.05) is 24.3 Å². The highest BCUT2D eigenvalue weighted by Crippen LogP contribution is 2.26. The van der Waals surface area contributed by atoms with Crippen molar-refractivity contribution in [1.82, 2.24) is 0 Å². The molecule has 0 unspecified atom stereocenters. The number of nitrogen functional groups attached to an aromatic ring is 1. The monoisotopic (exact) mass is 311 g/mol. The highest BCUT2D eigenvalue weighted by molar-refractivity contribution is 9.10. The van der Waals surface area contributed by atoms with E-state index in [0.29, 0.717) is 11.4 Å². The molecule has 2 N–H and O–H groups in total.